The molecule has 1 saturated heterocycles. The third-order valence-electron chi connectivity index (χ3n) is 5.47. The van der Waals surface area contributed by atoms with Crippen molar-refractivity contribution in [2.75, 3.05) is 33.0 Å². The van der Waals surface area contributed by atoms with Gasteiger partial charge >= 0.3 is 0 Å². The lowest BCUT2D eigenvalue weighted by atomic mass is 10.00. The number of para-hydroxylation sites is 1. The van der Waals surface area contributed by atoms with Gasteiger partial charge in [-0.3, -0.25) is 9.69 Å². The van der Waals surface area contributed by atoms with E-state index in [0.29, 0.717) is 6.54 Å². The van der Waals surface area contributed by atoms with Crippen LogP contribution in [0.4, 0.5) is 0 Å². The van der Waals surface area contributed by atoms with Crippen LogP contribution in [0.3, 0.4) is 0 Å². The summed E-state index contributed by atoms with van der Waals surface area (Å²) in [5.74, 6) is 0.873. The van der Waals surface area contributed by atoms with Crippen molar-refractivity contribution < 1.29 is 9.53 Å². The number of likely N-dealkylation sites (tertiary alicyclic amines) is 1. The molecule has 0 saturated carbocycles. The Labute approximate surface area is 172 Å². The fourth-order valence-corrected chi connectivity index (χ4v) is 4.30. The van der Waals surface area contributed by atoms with Gasteiger partial charge in [-0.05, 0) is 62.9 Å². The maximum Gasteiger partial charge on any atom is 0.251 e. The van der Waals surface area contributed by atoms with Crippen molar-refractivity contribution in [2.24, 2.45) is 0 Å². The number of methoxy groups -OCH3 is 1. The number of hydrogen-bond donors (Lipinski definition) is 1. The van der Waals surface area contributed by atoms with Gasteiger partial charge in [-0.2, -0.15) is 0 Å². The van der Waals surface area contributed by atoms with E-state index in [1.54, 1.807) is 18.9 Å². The molecule has 1 atom stereocenters. The van der Waals surface area contributed by atoms with Gasteiger partial charge in [0.1, 0.15) is 5.75 Å². The molecule has 1 amide bonds. The number of ether oxygens (including phenoxy) is 1. The maximum absolute atomic E-state index is 12.9. The zero-order valence-corrected chi connectivity index (χ0v) is 17.8. The summed E-state index contributed by atoms with van der Waals surface area (Å²) >= 11 is 1.65. The minimum Gasteiger partial charge on any atom is -0.496 e. The largest absolute Gasteiger partial charge is 0.496 e. The van der Waals surface area contributed by atoms with Crippen molar-refractivity contribution in [3.63, 3.8) is 0 Å². The molecule has 1 aliphatic heterocycles. The van der Waals surface area contributed by atoms with Crippen LogP contribution in [0.25, 0.3) is 0 Å². The van der Waals surface area contributed by atoms with Gasteiger partial charge < -0.3 is 10.1 Å². The molecule has 2 aromatic rings. The number of nitrogens with zero attached hydrogens (tertiary/aromatic N) is 1. The Morgan fingerprint density at radius 3 is 2.64 bits per heavy atom. The van der Waals surface area contributed by atoms with Gasteiger partial charge in [-0.15, -0.1) is 11.8 Å². The highest BCUT2D eigenvalue weighted by Gasteiger charge is 2.25. The molecule has 2 aromatic carbocycles. The summed E-state index contributed by atoms with van der Waals surface area (Å²) < 4.78 is 5.62. The molecular weight excluding hydrogens is 368 g/mol. The topological polar surface area (TPSA) is 41.6 Å². The fraction of sp³-hybridized carbons (Fsp3) is 0.435. The molecule has 0 spiro atoms. The first-order valence-electron chi connectivity index (χ1n) is 9.94. The predicted octanol–water partition coefficient (Wildman–Crippen LogP) is 4.68. The molecule has 0 radical (unpaired) electrons. The average molecular weight is 399 g/mol. The van der Waals surface area contributed by atoms with Crippen LogP contribution in [0.2, 0.25) is 0 Å². The second kappa shape index (κ2) is 9.99. The van der Waals surface area contributed by atoms with E-state index in [-0.39, 0.29) is 11.9 Å². The molecule has 0 aliphatic carbocycles. The van der Waals surface area contributed by atoms with Crippen LogP contribution in [0.5, 0.6) is 5.75 Å². The van der Waals surface area contributed by atoms with E-state index in [2.05, 4.69) is 22.3 Å². The first-order chi connectivity index (χ1) is 13.6. The van der Waals surface area contributed by atoms with E-state index in [4.69, 9.17) is 4.74 Å². The number of carbonyl (C=O) groups excluding carboxylic acids is 1. The molecule has 1 aliphatic rings. The summed E-state index contributed by atoms with van der Waals surface area (Å²) in [6.45, 7) is 4.67. The van der Waals surface area contributed by atoms with Gasteiger partial charge in [-0.1, -0.05) is 30.7 Å². The Morgan fingerprint density at radius 2 is 1.93 bits per heavy atom. The average Bonchev–Trinajstić information content (AvgIpc) is 2.75. The summed E-state index contributed by atoms with van der Waals surface area (Å²) in [5, 5.41) is 3.19. The van der Waals surface area contributed by atoms with Gasteiger partial charge in [-0.25, -0.2) is 0 Å². The molecule has 0 aromatic heterocycles. The van der Waals surface area contributed by atoms with Crippen molar-refractivity contribution in [2.45, 2.75) is 37.1 Å². The number of rotatable bonds is 7. The Bertz CT molecular complexity index is 803. The van der Waals surface area contributed by atoms with Gasteiger partial charge in [0.25, 0.3) is 5.91 Å². The first-order valence-corrected chi connectivity index (χ1v) is 11.2. The molecule has 1 unspecified atom stereocenters. The quantitative estimate of drug-likeness (QED) is 0.688. The van der Waals surface area contributed by atoms with Crippen LogP contribution >= 0.6 is 11.8 Å². The highest BCUT2D eigenvalue weighted by Crippen LogP contribution is 2.31. The lowest BCUT2D eigenvalue weighted by molar-refractivity contribution is 0.0922. The molecule has 1 fully saturated rings. The Balaban J connectivity index is 1.81. The summed E-state index contributed by atoms with van der Waals surface area (Å²) in [5.41, 5.74) is 2.90. The number of nitrogens with one attached hydrogen (secondary N) is 1. The molecular formula is C23H30N2O2S. The van der Waals surface area contributed by atoms with Crippen molar-refractivity contribution in [3.8, 4) is 5.75 Å². The normalized spacial score (nSPS) is 15.8. The first kappa shape index (κ1) is 20.7. The van der Waals surface area contributed by atoms with Crippen molar-refractivity contribution >= 4 is 17.7 Å². The van der Waals surface area contributed by atoms with Gasteiger partial charge in [0, 0.05) is 22.6 Å². The van der Waals surface area contributed by atoms with Crippen LogP contribution < -0.4 is 10.1 Å². The third-order valence-corrected chi connectivity index (χ3v) is 6.20. The molecule has 4 nitrogen and oxygen atoms in total. The molecule has 3 rings (SSSR count). The molecule has 150 valence electrons. The number of piperidine rings is 1. The fourth-order valence-electron chi connectivity index (χ4n) is 3.86. The van der Waals surface area contributed by atoms with Crippen molar-refractivity contribution in [3.05, 3.63) is 59.2 Å². The van der Waals surface area contributed by atoms with E-state index in [1.165, 1.54) is 19.3 Å². The highest BCUT2D eigenvalue weighted by molar-refractivity contribution is 7.98. The lowest BCUT2D eigenvalue weighted by Gasteiger charge is -2.35. The van der Waals surface area contributed by atoms with E-state index >= 15 is 0 Å². The summed E-state index contributed by atoms with van der Waals surface area (Å²) in [6.07, 6.45) is 5.71. The number of carbonyl (C=O) groups is 1. The molecule has 5 heteroatoms. The Hall–Kier alpha value is -1.98. The SMILES string of the molecule is COc1ccccc1C(CNC(=O)c1cc(SC)ccc1C)N1CCCCC1. The predicted molar refractivity (Wildman–Crippen MR) is 116 cm³/mol. The van der Waals surface area contributed by atoms with E-state index in [1.807, 2.05) is 43.5 Å². The summed E-state index contributed by atoms with van der Waals surface area (Å²) in [4.78, 5) is 16.5. The number of hydrogen-bond acceptors (Lipinski definition) is 4. The number of amides is 1. The van der Waals surface area contributed by atoms with Gasteiger partial charge in [0.15, 0.2) is 0 Å². The van der Waals surface area contributed by atoms with E-state index in [0.717, 1.165) is 40.4 Å². The Morgan fingerprint density at radius 1 is 1.18 bits per heavy atom. The monoisotopic (exact) mass is 398 g/mol. The number of benzene rings is 2. The number of aryl methyl sites for hydroxylation is 1. The second-order valence-electron chi connectivity index (χ2n) is 7.25. The Kier molecular flexibility index (Phi) is 7.40. The van der Waals surface area contributed by atoms with Crippen LogP contribution in [0, 0.1) is 6.92 Å². The third kappa shape index (κ3) is 4.89. The lowest BCUT2D eigenvalue weighted by Crippen LogP contribution is -2.41. The minimum absolute atomic E-state index is 0.00897. The summed E-state index contributed by atoms with van der Waals surface area (Å²) in [7, 11) is 1.71. The molecule has 28 heavy (non-hydrogen) atoms. The zero-order valence-electron chi connectivity index (χ0n) is 17.0. The molecule has 1 heterocycles. The summed E-state index contributed by atoms with van der Waals surface area (Å²) in [6, 6.07) is 14.3. The highest BCUT2D eigenvalue weighted by atomic mass is 32.2. The van der Waals surface area contributed by atoms with Crippen LogP contribution in [-0.2, 0) is 0 Å². The van der Waals surface area contributed by atoms with Gasteiger partial charge in [0.05, 0.1) is 13.2 Å². The van der Waals surface area contributed by atoms with Crippen LogP contribution in [0.15, 0.2) is 47.4 Å². The van der Waals surface area contributed by atoms with E-state index in [9.17, 15) is 4.79 Å². The van der Waals surface area contributed by atoms with Crippen molar-refractivity contribution in [1.82, 2.24) is 10.2 Å². The standard InChI is InChI=1S/C23H30N2O2S/c1-17-11-12-18(28-3)15-20(17)23(26)24-16-21(25-13-7-4-8-14-25)19-9-5-6-10-22(19)27-2/h5-6,9-12,15,21H,4,7-8,13-14,16H2,1-3H3,(H,24,26). The molecule has 1 N–H and O–H groups in total. The molecule has 0 bridgehead atoms. The van der Waals surface area contributed by atoms with Gasteiger partial charge in [0.2, 0.25) is 0 Å². The zero-order chi connectivity index (χ0) is 19.9. The van der Waals surface area contributed by atoms with Crippen molar-refractivity contribution in [1.29, 1.82) is 0 Å². The number of thioether (sulfide) groups is 1. The van der Waals surface area contributed by atoms with Crippen LogP contribution in [0.1, 0.15) is 46.8 Å². The van der Waals surface area contributed by atoms with Crippen LogP contribution in [-0.4, -0.2) is 43.8 Å². The smallest absolute Gasteiger partial charge is 0.251 e. The maximum atomic E-state index is 12.9. The van der Waals surface area contributed by atoms with E-state index < -0.39 is 0 Å². The minimum atomic E-state index is -0.00897. The second-order valence-corrected chi connectivity index (χ2v) is 8.12.